The van der Waals surface area contributed by atoms with Crippen molar-refractivity contribution in [2.24, 2.45) is 11.3 Å². The highest BCUT2D eigenvalue weighted by molar-refractivity contribution is 5.73. The monoisotopic (exact) mass is 180 g/mol. The van der Waals surface area contributed by atoms with Crippen LogP contribution in [0.15, 0.2) is 12.2 Å². The third kappa shape index (κ3) is 1.19. The Kier molecular flexibility index (Phi) is 1.60. The number of hydrogen-bond acceptors (Lipinski definition) is 2. The normalized spacial score (nSPS) is 41.5. The van der Waals surface area contributed by atoms with Crippen LogP contribution in [-0.2, 0) is 9.53 Å². The van der Waals surface area contributed by atoms with Crippen molar-refractivity contribution in [3.05, 3.63) is 12.2 Å². The fraction of sp³-hybridized carbons (Fsp3) is 0.727. The van der Waals surface area contributed by atoms with E-state index in [0.29, 0.717) is 12.3 Å². The van der Waals surface area contributed by atoms with Crippen LogP contribution in [0.2, 0.25) is 0 Å². The van der Waals surface area contributed by atoms with Crippen molar-refractivity contribution in [3.63, 3.8) is 0 Å². The van der Waals surface area contributed by atoms with Crippen LogP contribution in [-0.4, -0.2) is 11.6 Å². The van der Waals surface area contributed by atoms with Crippen molar-refractivity contribution in [1.82, 2.24) is 0 Å². The van der Waals surface area contributed by atoms with Gasteiger partial charge in [-0.25, -0.2) is 0 Å². The van der Waals surface area contributed by atoms with Crippen molar-refractivity contribution in [3.8, 4) is 0 Å². The van der Waals surface area contributed by atoms with Crippen LogP contribution in [0.1, 0.15) is 33.6 Å². The highest BCUT2D eigenvalue weighted by atomic mass is 16.6. The predicted octanol–water partition coefficient (Wildman–Crippen LogP) is 2.29. The van der Waals surface area contributed by atoms with E-state index in [1.807, 2.05) is 6.92 Å². The summed E-state index contributed by atoms with van der Waals surface area (Å²) in [6.07, 6.45) is 5.79. The van der Waals surface area contributed by atoms with Crippen LogP contribution in [0, 0.1) is 11.3 Å². The Morgan fingerprint density at radius 3 is 2.77 bits per heavy atom. The SMILES string of the molecule is CC1(C)C=CC[C@]2(C)OC(=O)C[C@@H]12. The molecule has 0 aromatic rings. The molecule has 1 aliphatic heterocycles. The molecule has 2 atom stereocenters. The van der Waals surface area contributed by atoms with Crippen molar-refractivity contribution >= 4 is 5.97 Å². The lowest BCUT2D eigenvalue weighted by molar-refractivity contribution is -0.148. The van der Waals surface area contributed by atoms with Crippen LogP contribution in [0.25, 0.3) is 0 Å². The Morgan fingerprint density at radius 2 is 2.15 bits per heavy atom. The Morgan fingerprint density at radius 1 is 1.46 bits per heavy atom. The first kappa shape index (κ1) is 8.79. The fourth-order valence-electron chi connectivity index (χ4n) is 2.70. The first-order valence-corrected chi connectivity index (χ1v) is 4.84. The molecule has 0 spiro atoms. The van der Waals surface area contributed by atoms with Gasteiger partial charge in [-0.3, -0.25) is 4.79 Å². The van der Waals surface area contributed by atoms with E-state index in [2.05, 4.69) is 26.0 Å². The fourth-order valence-corrected chi connectivity index (χ4v) is 2.70. The molecule has 0 bridgehead atoms. The standard InChI is InChI=1S/C11H16O2/c1-10(2)5-4-6-11(3)8(10)7-9(12)13-11/h4-5,8H,6-7H2,1-3H3/t8-,11-/m0/s1. The van der Waals surface area contributed by atoms with Gasteiger partial charge in [-0.2, -0.15) is 0 Å². The van der Waals surface area contributed by atoms with E-state index >= 15 is 0 Å². The first-order chi connectivity index (χ1) is 5.94. The molecule has 0 aromatic heterocycles. The molecule has 1 aliphatic carbocycles. The van der Waals surface area contributed by atoms with Gasteiger partial charge in [-0.1, -0.05) is 26.0 Å². The molecule has 0 unspecified atom stereocenters. The number of rotatable bonds is 0. The molecular formula is C11H16O2. The summed E-state index contributed by atoms with van der Waals surface area (Å²) in [5, 5.41) is 0. The summed E-state index contributed by atoms with van der Waals surface area (Å²) < 4.78 is 5.40. The quantitative estimate of drug-likeness (QED) is 0.422. The van der Waals surface area contributed by atoms with E-state index in [-0.39, 0.29) is 17.0 Å². The lowest BCUT2D eigenvalue weighted by Gasteiger charge is -2.41. The molecule has 1 saturated heterocycles. The summed E-state index contributed by atoms with van der Waals surface area (Å²) in [6.45, 7) is 6.40. The third-order valence-electron chi connectivity index (χ3n) is 3.42. The number of esters is 1. The average Bonchev–Trinajstić information content (AvgIpc) is 2.25. The van der Waals surface area contributed by atoms with Crippen LogP contribution >= 0.6 is 0 Å². The molecule has 2 heteroatoms. The lowest BCUT2D eigenvalue weighted by Crippen LogP contribution is -2.41. The molecule has 1 heterocycles. The van der Waals surface area contributed by atoms with Crippen LogP contribution in [0.3, 0.4) is 0 Å². The summed E-state index contributed by atoms with van der Waals surface area (Å²) in [7, 11) is 0. The van der Waals surface area contributed by atoms with E-state index in [1.54, 1.807) is 0 Å². The lowest BCUT2D eigenvalue weighted by atomic mass is 9.65. The van der Waals surface area contributed by atoms with Crippen molar-refractivity contribution in [2.45, 2.75) is 39.2 Å². The maximum atomic E-state index is 11.3. The highest BCUT2D eigenvalue weighted by Crippen LogP contribution is 2.49. The van der Waals surface area contributed by atoms with Crippen LogP contribution in [0.4, 0.5) is 0 Å². The number of hydrogen-bond donors (Lipinski definition) is 0. The summed E-state index contributed by atoms with van der Waals surface area (Å²) in [6, 6.07) is 0. The molecule has 0 N–H and O–H groups in total. The second-order valence-electron chi connectivity index (χ2n) is 4.97. The Hall–Kier alpha value is -0.790. The predicted molar refractivity (Wildman–Crippen MR) is 50.1 cm³/mol. The summed E-state index contributed by atoms with van der Waals surface area (Å²) in [5.74, 6) is 0.307. The van der Waals surface area contributed by atoms with Crippen LogP contribution < -0.4 is 0 Å². The molecule has 72 valence electrons. The van der Waals surface area contributed by atoms with E-state index in [1.165, 1.54) is 0 Å². The maximum absolute atomic E-state index is 11.3. The van der Waals surface area contributed by atoms with Gasteiger partial charge in [-0.15, -0.1) is 0 Å². The number of ether oxygens (including phenoxy) is 1. The van der Waals surface area contributed by atoms with E-state index < -0.39 is 0 Å². The van der Waals surface area contributed by atoms with Crippen molar-refractivity contribution in [2.75, 3.05) is 0 Å². The number of fused-ring (bicyclic) bond motifs is 1. The highest BCUT2D eigenvalue weighted by Gasteiger charge is 2.52. The largest absolute Gasteiger partial charge is 0.459 e. The third-order valence-corrected chi connectivity index (χ3v) is 3.42. The van der Waals surface area contributed by atoms with Gasteiger partial charge < -0.3 is 4.74 Å². The van der Waals surface area contributed by atoms with Crippen molar-refractivity contribution in [1.29, 1.82) is 0 Å². The minimum atomic E-state index is -0.241. The van der Waals surface area contributed by atoms with Gasteiger partial charge in [0, 0.05) is 12.3 Å². The summed E-state index contributed by atoms with van der Waals surface area (Å²) in [4.78, 5) is 11.3. The second-order valence-corrected chi connectivity index (χ2v) is 4.97. The molecule has 0 amide bonds. The van der Waals surface area contributed by atoms with Gasteiger partial charge in [0.25, 0.3) is 0 Å². The first-order valence-electron chi connectivity index (χ1n) is 4.84. The molecule has 1 fully saturated rings. The Labute approximate surface area is 79.0 Å². The molecular weight excluding hydrogens is 164 g/mol. The second kappa shape index (κ2) is 2.37. The Bertz CT molecular complexity index is 278. The number of carbonyl (C=O) groups is 1. The smallest absolute Gasteiger partial charge is 0.306 e. The molecule has 0 radical (unpaired) electrons. The van der Waals surface area contributed by atoms with E-state index in [4.69, 9.17) is 4.74 Å². The number of carbonyl (C=O) groups excluding carboxylic acids is 1. The molecule has 2 rings (SSSR count). The van der Waals surface area contributed by atoms with Gasteiger partial charge >= 0.3 is 5.97 Å². The minimum absolute atomic E-state index is 0.0377. The molecule has 0 saturated carbocycles. The van der Waals surface area contributed by atoms with E-state index in [9.17, 15) is 4.79 Å². The average molecular weight is 180 g/mol. The van der Waals surface area contributed by atoms with Gasteiger partial charge in [-0.05, 0) is 12.3 Å². The zero-order chi connectivity index (χ0) is 9.69. The van der Waals surface area contributed by atoms with Gasteiger partial charge in [0.1, 0.15) is 5.60 Å². The zero-order valence-corrected chi connectivity index (χ0v) is 8.46. The maximum Gasteiger partial charge on any atom is 0.306 e. The molecule has 0 aromatic carbocycles. The minimum Gasteiger partial charge on any atom is -0.459 e. The van der Waals surface area contributed by atoms with Gasteiger partial charge in [0.15, 0.2) is 0 Å². The Balaban J connectivity index is 2.38. The summed E-state index contributed by atoms with van der Waals surface area (Å²) >= 11 is 0. The van der Waals surface area contributed by atoms with Gasteiger partial charge in [0.05, 0.1) is 6.42 Å². The molecule has 2 nitrogen and oxygen atoms in total. The van der Waals surface area contributed by atoms with Crippen LogP contribution in [0.5, 0.6) is 0 Å². The van der Waals surface area contributed by atoms with Gasteiger partial charge in [0.2, 0.25) is 0 Å². The van der Waals surface area contributed by atoms with E-state index in [0.717, 1.165) is 6.42 Å². The summed E-state index contributed by atoms with van der Waals surface area (Å²) in [5.41, 5.74) is -0.144. The zero-order valence-electron chi connectivity index (χ0n) is 8.46. The van der Waals surface area contributed by atoms with Crippen molar-refractivity contribution < 1.29 is 9.53 Å². The number of allylic oxidation sites excluding steroid dienone is 1. The topological polar surface area (TPSA) is 26.3 Å². The molecule has 13 heavy (non-hydrogen) atoms. The molecule has 2 aliphatic rings.